The molecule has 8 heteroatoms. The molecular formula is C29H40N2O6. The smallest absolute Gasteiger partial charge is 0.411 e. The summed E-state index contributed by atoms with van der Waals surface area (Å²) < 4.78 is 23.2. The molecule has 1 fully saturated rings. The number of amides is 1. The average Bonchev–Trinajstić information content (AvgIpc) is 2.89. The highest BCUT2D eigenvalue weighted by Gasteiger charge is 2.42. The van der Waals surface area contributed by atoms with Gasteiger partial charge in [0.2, 0.25) is 6.29 Å². The lowest BCUT2D eigenvalue weighted by molar-refractivity contribution is -0.209. The Balaban J connectivity index is 1.49. The van der Waals surface area contributed by atoms with E-state index in [0.29, 0.717) is 24.6 Å². The van der Waals surface area contributed by atoms with E-state index in [1.807, 2.05) is 44.2 Å². The van der Waals surface area contributed by atoms with Gasteiger partial charge in [-0.25, -0.2) is 4.79 Å². The van der Waals surface area contributed by atoms with Crippen molar-refractivity contribution >= 4 is 17.6 Å². The Morgan fingerprint density at radius 2 is 1.73 bits per heavy atom. The Morgan fingerprint density at radius 3 is 2.38 bits per heavy atom. The molecule has 3 unspecified atom stereocenters. The van der Waals surface area contributed by atoms with E-state index in [1.165, 1.54) is 10.5 Å². The molecule has 0 aliphatic carbocycles. The maximum Gasteiger partial charge on any atom is 0.411 e. The van der Waals surface area contributed by atoms with Crippen LogP contribution >= 0.6 is 0 Å². The topological polar surface area (TPSA) is 100 Å². The number of carbonyl (C=O) groups excluding carboxylic acids is 2. The summed E-state index contributed by atoms with van der Waals surface area (Å²) in [6, 6.07) is 15.3. The fraction of sp³-hybridized carbons (Fsp3) is 0.517. The van der Waals surface area contributed by atoms with E-state index < -0.39 is 18.5 Å². The summed E-state index contributed by atoms with van der Waals surface area (Å²) in [5.41, 5.74) is 8.57. The lowest BCUT2D eigenvalue weighted by atomic mass is 9.78. The van der Waals surface area contributed by atoms with Crippen molar-refractivity contribution in [2.24, 2.45) is 17.8 Å². The maximum atomic E-state index is 12.5. The van der Waals surface area contributed by atoms with Gasteiger partial charge in [-0.3, -0.25) is 9.69 Å². The van der Waals surface area contributed by atoms with E-state index in [0.717, 1.165) is 12.0 Å². The molecule has 5 atom stereocenters. The third-order valence-corrected chi connectivity index (χ3v) is 7.19. The number of rotatable bonds is 11. The molecule has 1 heterocycles. The molecule has 37 heavy (non-hydrogen) atoms. The van der Waals surface area contributed by atoms with Gasteiger partial charge in [-0.05, 0) is 55.4 Å². The molecule has 0 aromatic heterocycles. The van der Waals surface area contributed by atoms with E-state index in [-0.39, 0.29) is 36.9 Å². The number of nitrogens with two attached hydrogens (primary N) is 1. The van der Waals surface area contributed by atoms with Crippen molar-refractivity contribution in [1.82, 2.24) is 4.90 Å². The largest absolute Gasteiger partial charge is 0.462 e. The van der Waals surface area contributed by atoms with Gasteiger partial charge in [0.1, 0.15) is 25.2 Å². The Hall–Kier alpha value is -3.10. The molecule has 202 valence electrons. The van der Waals surface area contributed by atoms with Crippen LogP contribution in [0.1, 0.15) is 45.7 Å². The zero-order valence-electron chi connectivity index (χ0n) is 22.5. The van der Waals surface area contributed by atoms with E-state index in [1.54, 1.807) is 25.1 Å². The molecule has 1 amide bonds. The predicted octanol–water partition coefficient (Wildman–Crippen LogP) is 5.05. The molecule has 8 nitrogen and oxygen atoms in total. The van der Waals surface area contributed by atoms with Crippen molar-refractivity contribution in [2.45, 2.75) is 60.0 Å². The first-order valence-electron chi connectivity index (χ1n) is 13.0. The van der Waals surface area contributed by atoms with Gasteiger partial charge in [0, 0.05) is 12.5 Å². The van der Waals surface area contributed by atoms with E-state index in [2.05, 4.69) is 13.8 Å². The molecule has 0 radical (unpaired) electrons. The fourth-order valence-electron chi connectivity index (χ4n) is 4.43. The van der Waals surface area contributed by atoms with Crippen LogP contribution in [0.2, 0.25) is 0 Å². The number of carbonyl (C=O) groups is 2. The molecule has 0 bridgehead atoms. The van der Waals surface area contributed by atoms with Crippen molar-refractivity contribution in [3.05, 3.63) is 59.7 Å². The summed E-state index contributed by atoms with van der Waals surface area (Å²) in [7, 11) is 0. The van der Waals surface area contributed by atoms with E-state index in [9.17, 15) is 9.59 Å². The number of ketones is 1. The van der Waals surface area contributed by atoms with Crippen LogP contribution in [0, 0.1) is 17.8 Å². The number of anilines is 1. The molecule has 1 aliphatic rings. The van der Waals surface area contributed by atoms with Crippen molar-refractivity contribution in [3.63, 3.8) is 0 Å². The number of nitrogens with zero attached hydrogens (tertiary/aromatic N) is 1. The number of ether oxygens (including phenoxy) is 4. The second-order valence-electron chi connectivity index (χ2n) is 9.79. The van der Waals surface area contributed by atoms with Gasteiger partial charge < -0.3 is 24.7 Å². The number of nitrogen functional groups attached to an aromatic ring is 1. The Bertz CT molecular complexity index is 1030. The first-order valence-corrected chi connectivity index (χ1v) is 13.0. The third-order valence-electron chi connectivity index (χ3n) is 7.19. The third kappa shape index (κ3) is 7.69. The zero-order chi connectivity index (χ0) is 26.9. The van der Waals surface area contributed by atoms with E-state index in [4.69, 9.17) is 24.7 Å². The quantitative estimate of drug-likeness (QED) is 0.256. The molecule has 1 aliphatic heterocycles. The summed E-state index contributed by atoms with van der Waals surface area (Å²) >= 11 is 0. The van der Waals surface area contributed by atoms with Crippen molar-refractivity contribution in [1.29, 1.82) is 0 Å². The summed E-state index contributed by atoms with van der Waals surface area (Å²) in [6.07, 6.45) is -0.756. The summed E-state index contributed by atoms with van der Waals surface area (Å²) in [6.45, 7) is 10.8. The van der Waals surface area contributed by atoms with Crippen molar-refractivity contribution in [3.8, 4) is 5.75 Å². The van der Waals surface area contributed by atoms with E-state index >= 15 is 0 Å². The van der Waals surface area contributed by atoms with Crippen LogP contribution in [0.25, 0.3) is 0 Å². The monoisotopic (exact) mass is 512 g/mol. The molecule has 2 aromatic carbocycles. The summed E-state index contributed by atoms with van der Waals surface area (Å²) in [4.78, 5) is 26.1. The normalized spacial score (nSPS) is 23.3. The number of benzene rings is 2. The second-order valence-corrected chi connectivity index (χ2v) is 9.79. The fourth-order valence-corrected chi connectivity index (χ4v) is 4.43. The summed E-state index contributed by atoms with van der Waals surface area (Å²) in [5.74, 6) is 0.904. The first-order chi connectivity index (χ1) is 17.7. The highest BCUT2D eigenvalue weighted by atomic mass is 16.7. The van der Waals surface area contributed by atoms with Gasteiger partial charge >= 0.3 is 6.09 Å². The van der Waals surface area contributed by atoms with Gasteiger partial charge in [-0.15, -0.1) is 0 Å². The lowest BCUT2D eigenvalue weighted by Crippen LogP contribution is -2.49. The van der Waals surface area contributed by atoms with Crippen LogP contribution in [0.15, 0.2) is 48.5 Å². The minimum Gasteiger partial charge on any atom is -0.462 e. The van der Waals surface area contributed by atoms with Crippen LogP contribution in [0.5, 0.6) is 5.75 Å². The molecule has 2 N–H and O–H groups in total. The zero-order valence-corrected chi connectivity index (χ0v) is 22.5. The SMILES string of the molecule is CCN(COCCc1ccccc1)C(=O)OCc1ccc(OC2OC(C(C)=O)C(C)[C@H](C)[C@@H]2C)c(N)c1. The highest BCUT2D eigenvalue weighted by Crippen LogP contribution is 2.37. The van der Waals surface area contributed by atoms with Gasteiger partial charge in [0.05, 0.1) is 12.3 Å². The van der Waals surface area contributed by atoms with Crippen LogP contribution in [0.4, 0.5) is 10.5 Å². The average molecular weight is 513 g/mol. The lowest BCUT2D eigenvalue weighted by Gasteiger charge is -2.42. The number of hydrogen-bond acceptors (Lipinski definition) is 7. The molecule has 0 spiro atoms. The predicted molar refractivity (Wildman–Crippen MR) is 142 cm³/mol. The second kappa shape index (κ2) is 13.4. The minimum atomic E-state index is -0.578. The van der Waals surface area contributed by atoms with Crippen LogP contribution in [0.3, 0.4) is 0 Å². The van der Waals surface area contributed by atoms with Crippen LogP contribution in [-0.4, -0.2) is 49.1 Å². The number of Topliss-reactive ketones (excluding diaryl/α,β-unsaturated/α-hetero) is 1. The van der Waals surface area contributed by atoms with Crippen molar-refractivity contribution in [2.75, 3.05) is 25.6 Å². The molecule has 0 saturated carbocycles. The Kier molecular flexibility index (Phi) is 10.3. The standard InChI is InChI=1S/C29H40N2O6/c1-6-31(18-34-15-14-23-10-8-7-9-11-23)29(33)35-17-24-12-13-26(25(30)16-24)36-28-21(4)19(2)20(3)27(37-28)22(5)32/h7-13,16,19-21,27-28H,6,14-15,17-18,30H2,1-5H3/t19-,20?,21-,27?,28?/m0/s1. The Labute approximate surface area is 220 Å². The first kappa shape index (κ1) is 28.5. The van der Waals surface area contributed by atoms with Gasteiger partial charge in [0.15, 0.2) is 5.78 Å². The Morgan fingerprint density at radius 1 is 1.00 bits per heavy atom. The van der Waals surface area contributed by atoms with Gasteiger partial charge in [-0.2, -0.15) is 0 Å². The van der Waals surface area contributed by atoms with Gasteiger partial charge in [-0.1, -0.05) is 57.2 Å². The maximum absolute atomic E-state index is 12.5. The molecule has 2 aromatic rings. The molecular weight excluding hydrogens is 472 g/mol. The van der Waals surface area contributed by atoms with Crippen LogP contribution in [-0.2, 0) is 32.0 Å². The summed E-state index contributed by atoms with van der Waals surface area (Å²) in [5, 5.41) is 0. The van der Waals surface area contributed by atoms with Crippen LogP contribution < -0.4 is 10.5 Å². The number of hydrogen-bond donors (Lipinski definition) is 1. The molecule has 3 rings (SSSR count). The minimum absolute atomic E-state index is 0.00676. The molecule has 1 saturated heterocycles. The highest BCUT2D eigenvalue weighted by molar-refractivity contribution is 5.80. The van der Waals surface area contributed by atoms with Gasteiger partial charge in [0.25, 0.3) is 0 Å². The van der Waals surface area contributed by atoms with Crippen molar-refractivity contribution < 1.29 is 28.5 Å².